The van der Waals surface area contributed by atoms with Gasteiger partial charge in [-0.25, -0.2) is 0 Å². The Bertz CT molecular complexity index is 431. The van der Waals surface area contributed by atoms with Gasteiger partial charge in [-0.05, 0) is 57.0 Å². The van der Waals surface area contributed by atoms with Gasteiger partial charge in [0.2, 0.25) is 0 Å². The van der Waals surface area contributed by atoms with Crippen LogP contribution in [0.3, 0.4) is 0 Å². The third-order valence-corrected chi connectivity index (χ3v) is 3.96. The molecule has 0 bridgehead atoms. The minimum Gasteiger partial charge on any atom is -0.491 e. The summed E-state index contributed by atoms with van der Waals surface area (Å²) in [4.78, 5) is 2.46. The molecule has 21 heavy (non-hydrogen) atoms. The SMILES string of the molecule is Cc1ccc(C)c(OCC(O)CNCCN2CCCC2)c1. The van der Waals surface area contributed by atoms with E-state index in [-0.39, 0.29) is 0 Å². The summed E-state index contributed by atoms with van der Waals surface area (Å²) in [7, 11) is 0. The quantitative estimate of drug-likeness (QED) is 0.716. The van der Waals surface area contributed by atoms with Crippen molar-refractivity contribution in [1.82, 2.24) is 10.2 Å². The number of aryl methyl sites for hydroxylation is 2. The van der Waals surface area contributed by atoms with Crippen LogP contribution in [-0.4, -0.2) is 55.4 Å². The fourth-order valence-electron chi connectivity index (χ4n) is 2.62. The Kier molecular flexibility index (Phi) is 6.49. The van der Waals surface area contributed by atoms with Crippen molar-refractivity contribution >= 4 is 0 Å². The van der Waals surface area contributed by atoms with Gasteiger partial charge in [0.25, 0.3) is 0 Å². The molecule has 1 atom stereocenters. The van der Waals surface area contributed by atoms with E-state index < -0.39 is 6.10 Å². The smallest absolute Gasteiger partial charge is 0.122 e. The van der Waals surface area contributed by atoms with Crippen LogP contribution in [0.2, 0.25) is 0 Å². The van der Waals surface area contributed by atoms with Gasteiger partial charge in [-0.2, -0.15) is 0 Å². The predicted molar refractivity (Wildman–Crippen MR) is 86.0 cm³/mol. The Labute approximate surface area is 128 Å². The summed E-state index contributed by atoms with van der Waals surface area (Å²) in [5.74, 6) is 0.867. The van der Waals surface area contributed by atoms with Crippen LogP contribution in [0.15, 0.2) is 18.2 Å². The fraction of sp³-hybridized carbons (Fsp3) is 0.647. The summed E-state index contributed by atoms with van der Waals surface area (Å²) in [5.41, 5.74) is 2.28. The van der Waals surface area contributed by atoms with E-state index in [1.54, 1.807) is 0 Å². The van der Waals surface area contributed by atoms with Gasteiger partial charge in [0.15, 0.2) is 0 Å². The number of benzene rings is 1. The molecule has 0 spiro atoms. The van der Waals surface area contributed by atoms with E-state index in [1.807, 2.05) is 26.0 Å². The molecule has 1 fully saturated rings. The Morgan fingerprint density at radius 2 is 2.05 bits per heavy atom. The molecule has 1 heterocycles. The monoisotopic (exact) mass is 292 g/mol. The van der Waals surface area contributed by atoms with Gasteiger partial charge >= 0.3 is 0 Å². The molecule has 0 aliphatic carbocycles. The van der Waals surface area contributed by atoms with Crippen molar-refractivity contribution in [2.24, 2.45) is 0 Å². The highest BCUT2D eigenvalue weighted by molar-refractivity contribution is 5.35. The van der Waals surface area contributed by atoms with Crippen molar-refractivity contribution in [3.63, 3.8) is 0 Å². The molecule has 0 amide bonds. The summed E-state index contributed by atoms with van der Waals surface area (Å²) < 4.78 is 5.71. The van der Waals surface area contributed by atoms with E-state index in [2.05, 4.69) is 16.3 Å². The average molecular weight is 292 g/mol. The lowest BCUT2D eigenvalue weighted by Gasteiger charge is -2.17. The third-order valence-electron chi connectivity index (χ3n) is 3.96. The van der Waals surface area contributed by atoms with Crippen molar-refractivity contribution in [2.45, 2.75) is 32.8 Å². The number of aliphatic hydroxyl groups is 1. The van der Waals surface area contributed by atoms with Crippen molar-refractivity contribution in [2.75, 3.05) is 39.3 Å². The van der Waals surface area contributed by atoms with Gasteiger partial charge in [-0.1, -0.05) is 12.1 Å². The first-order valence-electron chi connectivity index (χ1n) is 7.96. The molecule has 0 aromatic heterocycles. The van der Waals surface area contributed by atoms with Gasteiger partial charge in [0.1, 0.15) is 18.5 Å². The minimum atomic E-state index is -0.469. The highest BCUT2D eigenvalue weighted by Crippen LogP contribution is 2.19. The molecule has 118 valence electrons. The summed E-state index contributed by atoms with van der Waals surface area (Å²) >= 11 is 0. The second-order valence-corrected chi connectivity index (χ2v) is 5.99. The maximum Gasteiger partial charge on any atom is 0.122 e. The van der Waals surface area contributed by atoms with Crippen molar-refractivity contribution < 1.29 is 9.84 Å². The first kappa shape index (κ1) is 16.3. The van der Waals surface area contributed by atoms with Crippen LogP contribution in [0, 0.1) is 13.8 Å². The number of nitrogens with zero attached hydrogens (tertiary/aromatic N) is 1. The molecule has 2 rings (SSSR count). The number of rotatable bonds is 8. The first-order valence-corrected chi connectivity index (χ1v) is 7.96. The van der Waals surface area contributed by atoms with E-state index >= 15 is 0 Å². The lowest BCUT2D eigenvalue weighted by molar-refractivity contribution is 0.105. The van der Waals surface area contributed by atoms with Crippen molar-refractivity contribution in [1.29, 1.82) is 0 Å². The molecule has 4 heteroatoms. The van der Waals surface area contributed by atoms with Crippen LogP contribution < -0.4 is 10.1 Å². The van der Waals surface area contributed by atoms with Crippen LogP contribution in [0.5, 0.6) is 5.75 Å². The number of aliphatic hydroxyl groups excluding tert-OH is 1. The molecule has 1 aliphatic heterocycles. The molecule has 1 saturated heterocycles. The fourth-order valence-corrected chi connectivity index (χ4v) is 2.62. The van der Waals surface area contributed by atoms with Crippen LogP contribution in [0.1, 0.15) is 24.0 Å². The predicted octanol–water partition coefficient (Wildman–Crippen LogP) is 1.73. The minimum absolute atomic E-state index is 0.334. The lowest BCUT2D eigenvalue weighted by atomic mass is 10.1. The summed E-state index contributed by atoms with van der Waals surface area (Å²) in [6.07, 6.45) is 2.18. The molecule has 0 radical (unpaired) electrons. The lowest BCUT2D eigenvalue weighted by Crippen LogP contribution is -2.36. The van der Waals surface area contributed by atoms with Crippen molar-refractivity contribution in [3.05, 3.63) is 29.3 Å². The number of nitrogens with one attached hydrogen (secondary N) is 1. The topological polar surface area (TPSA) is 44.7 Å². The third kappa shape index (κ3) is 5.65. The van der Waals surface area contributed by atoms with Crippen molar-refractivity contribution in [3.8, 4) is 5.75 Å². The Balaban J connectivity index is 1.60. The van der Waals surface area contributed by atoms with Gasteiger partial charge in [0.05, 0.1) is 0 Å². The van der Waals surface area contributed by atoms with E-state index in [9.17, 15) is 5.11 Å². The highest BCUT2D eigenvalue weighted by Gasteiger charge is 2.11. The summed E-state index contributed by atoms with van der Waals surface area (Å²) in [5, 5.41) is 13.3. The van der Waals surface area contributed by atoms with Gasteiger partial charge < -0.3 is 20.1 Å². The van der Waals surface area contributed by atoms with Gasteiger partial charge in [-0.15, -0.1) is 0 Å². The molecule has 1 aromatic carbocycles. The van der Waals surface area contributed by atoms with Crippen LogP contribution in [0.4, 0.5) is 0 Å². The van der Waals surface area contributed by atoms with Crippen LogP contribution >= 0.6 is 0 Å². The van der Waals surface area contributed by atoms with Crippen LogP contribution in [-0.2, 0) is 0 Å². The zero-order chi connectivity index (χ0) is 15.1. The average Bonchev–Trinajstić information content (AvgIpc) is 2.98. The van der Waals surface area contributed by atoms with Gasteiger partial charge in [0, 0.05) is 19.6 Å². The zero-order valence-corrected chi connectivity index (χ0v) is 13.3. The van der Waals surface area contributed by atoms with E-state index in [1.165, 1.54) is 31.5 Å². The highest BCUT2D eigenvalue weighted by atomic mass is 16.5. The largest absolute Gasteiger partial charge is 0.491 e. The number of hydrogen-bond donors (Lipinski definition) is 2. The molecule has 1 unspecified atom stereocenters. The second-order valence-electron chi connectivity index (χ2n) is 5.99. The standard InChI is InChI=1S/C17H28N2O2/c1-14-5-6-15(2)17(11-14)21-13-16(20)12-18-7-10-19-8-3-4-9-19/h5-6,11,16,18,20H,3-4,7-10,12-13H2,1-2H3. The Hall–Kier alpha value is -1.10. The molecular weight excluding hydrogens is 264 g/mol. The molecule has 4 nitrogen and oxygen atoms in total. The summed E-state index contributed by atoms with van der Waals surface area (Å²) in [6.45, 7) is 9.43. The van der Waals surface area contributed by atoms with Crippen LogP contribution in [0.25, 0.3) is 0 Å². The maximum absolute atomic E-state index is 9.96. The molecule has 2 N–H and O–H groups in total. The number of hydrogen-bond acceptors (Lipinski definition) is 4. The molecule has 1 aliphatic rings. The van der Waals surface area contributed by atoms with E-state index in [0.717, 1.165) is 24.4 Å². The maximum atomic E-state index is 9.96. The second kappa shape index (κ2) is 8.37. The Morgan fingerprint density at radius 1 is 1.29 bits per heavy atom. The summed E-state index contributed by atoms with van der Waals surface area (Å²) in [6, 6.07) is 6.13. The number of likely N-dealkylation sites (tertiary alicyclic amines) is 1. The first-order chi connectivity index (χ1) is 10.1. The molecular formula is C17H28N2O2. The van der Waals surface area contributed by atoms with E-state index in [4.69, 9.17) is 4.74 Å². The molecule has 0 saturated carbocycles. The zero-order valence-electron chi connectivity index (χ0n) is 13.3. The van der Waals surface area contributed by atoms with E-state index in [0.29, 0.717) is 13.2 Å². The molecule has 1 aromatic rings. The van der Waals surface area contributed by atoms with Gasteiger partial charge in [-0.3, -0.25) is 0 Å². The normalized spacial score (nSPS) is 17.1. The Morgan fingerprint density at radius 3 is 2.81 bits per heavy atom. The number of ether oxygens (including phenoxy) is 1.